The molecule has 0 radical (unpaired) electrons. The molecule has 0 fully saturated rings. The molecule has 1 aromatic heterocycles. The second-order valence-corrected chi connectivity index (χ2v) is 7.20. The minimum absolute atomic E-state index is 0.110. The molecule has 2 heterocycles. The average molecular weight is 433 g/mol. The molecule has 1 aliphatic heterocycles. The number of hydrogen-bond acceptors (Lipinski definition) is 4. The fraction of sp³-hybridized carbons (Fsp3) is 0.0500. The van der Waals surface area contributed by atoms with Crippen LogP contribution in [-0.4, -0.2) is 21.6 Å². The molecule has 0 N–H and O–H groups in total. The maximum absolute atomic E-state index is 12.3. The minimum atomic E-state index is -0.594. The molecule has 1 aliphatic rings. The molecule has 4 rings (SSSR count). The fourth-order valence-electron chi connectivity index (χ4n) is 2.74. The van der Waals surface area contributed by atoms with Crippen molar-refractivity contribution in [2.45, 2.75) is 6.92 Å². The highest BCUT2D eigenvalue weighted by atomic mass is 35.5. The van der Waals surface area contributed by atoms with Crippen molar-refractivity contribution in [3.05, 3.63) is 86.2 Å². The van der Waals surface area contributed by atoms with Gasteiger partial charge in [0.2, 0.25) is 5.90 Å². The topological polar surface area (TPSA) is 56.5 Å². The molecule has 0 aliphatic carbocycles. The zero-order valence-electron chi connectivity index (χ0n) is 14.5. The lowest BCUT2D eigenvalue weighted by Gasteiger charge is -2.02. The van der Waals surface area contributed by atoms with E-state index in [1.165, 1.54) is 0 Å². The highest BCUT2D eigenvalue weighted by Crippen LogP contribution is 2.29. The van der Waals surface area contributed by atoms with Gasteiger partial charge in [0.25, 0.3) is 0 Å². The molecule has 28 heavy (non-hydrogen) atoms. The van der Waals surface area contributed by atoms with E-state index in [9.17, 15) is 4.79 Å². The largest absolute Gasteiger partial charge is 0.402 e. The normalized spacial score (nSPS) is 15.1. The van der Waals surface area contributed by atoms with Gasteiger partial charge >= 0.3 is 5.97 Å². The smallest absolute Gasteiger partial charge is 0.363 e. The summed E-state index contributed by atoms with van der Waals surface area (Å²) in [5, 5.41) is 5.64. The Balaban J connectivity index is 1.74. The summed E-state index contributed by atoms with van der Waals surface area (Å²) in [6.07, 6.45) is 1.56. The van der Waals surface area contributed by atoms with Crippen LogP contribution in [-0.2, 0) is 9.53 Å². The molecule has 0 saturated carbocycles. The molecule has 140 valence electrons. The van der Waals surface area contributed by atoms with Gasteiger partial charge in [-0.1, -0.05) is 53.0 Å². The number of cyclic esters (lactones) is 1. The zero-order valence-corrected chi connectivity index (χ0v) is 16.8. The SMILES string of the molecule is Cc1nn(-c2ccccc2)c(Cl)c1/C=C1\N=C(c2ccc(Cl)cc2Cl)OC1=O. The lowest BCUT2D eigenvalue weighted by Crippen LogP contribution is -2.05. The molecule has 0 amide bonds. The fourth-order valence-corrected chi connectivity index (χ4v) is 3.56. The van der Waals surface area contributed by atoms with Gasteiger partial charge in [0, 0.05) is 10.6 Å². The summed E-state index contributed by atoms with van der Waals surface area (Å²) >= 11 is 18.6. The Kier molecular flexibility index (Phi) is 4.98. The van der Waals surface area contributed by atoms with Crippen LogP contribution >= 0.6 is 34.8 Å². The number of halogens is 3. The van der Waals surface area contributed by atoms with Crippen molar-refractivity contribution in [2.75, 3.05) is 0 Å². The van der Waals surface area contributed by atoms with Gasteiger partial charge in [-0.15, -0.1) is 0 Å². The first kappa shape index (κ1) is 18.7. The van der Waals surface area contributed by atoms with Gasteiger partial charge in [0.05, 0.1) is 22.0 Å². The Hall–Kier alpha value is -2.60. The van der Waals surface area contributed by atoms with Gasteiger partial charge in [-0.3, -0.25) is 0 Å². The van der Waals surface area contributed by atoms with E-state index in [0.29, 0.717) is 32.0 Å². The predicted molar refractivity (Wildman–Crippen MR) is 110 cm³/mol. The molecular formula is C20H12Cl3N3O2. The molecule has 0 atom stereocenters. The van der Waals surface area contributed by atoms with E-state index in [0.717, 1.165) is 5.69 Å². The van der Waals surface area contributed by atoms with Gasteiger partial charge < -0.3 is 4.74 Å². The van der Waals surface area contributed by atoms with E-state index >= 15 is 0 Å². The highest BCUT2D eigenvalue weighted by Gasteiger charge is 2.27. The lowest BCUT2D eigenvalue weighted by atomic mass is 10.2. The summed E-state index contributed by atoms with van der Waals surface area (Å²) in [6, 6.07) is 14.3. The minimum Gasteiger partial charge on any atom is -0.402 e. The average Bonchev–Trinajstić information content (AvgIpc) is 3.17. The van der Waals surface area contributed by atoms with E-state index in [1.807, 2.05) is 30.3 Å². The summed E-state index contributed by atoms with van der Waals surface area (Å²) in [5.41, 5.74) is 2.64. The predicted octanol–water partition coefficient (Wildman–Crippen LogP) is 5.49. The molecule has 0 bridgehead atoms. The van der Waals surface area contributed by atoms with Crippen molar-refractivity contribution in [1.29, 1.82) is 0 Å². The van der Waals surface area contributed by atoms with E-state index in [1.54, 1.807) is 35.9 Å². The van der Waals surface area contributed by atoms with Crippen molar-refractivity contribution in [2.24, 2.45) is 4.99 Å². The van der Waals surface area contributed by atoms with E-state index < -0.39 is 5.97 Å². The number of rotatable bonds is 3. The molecule has 8 heteroatoms. The maximum atomic E-state index is 12.3. The summed E-state index contributed by atoms with van der Waals surface area (Å²) in [6.45, 7) is 1.80. The molecular weight excluding hydrogens is 421 g/mol. The van der Waals surface area contributed by atoms with Gasteiger partial charge in [0.15, 0.2) is 5.70 Å². The van der Waals surface area contributed by atoms with Gasteiger partial charge in [-0.05, 0) is 43.3 Å². The third-order valence-electron chi connectivity index (χ3n) is 4.11. The highest BCUT2D eigenvalue weighted by molar-refractivity contribution is 6.37. The number of para-hydroxylation sites is 1. The molecule has 2 aromatic carbocycles. The van der Waals surface area contributed by atoms with Crippen molar-refractivity contribution in [3.63, 3.8) is 0 Å². The van der Waals surface area contributed by atoms with E-state index in [4.69, 9.17) is 39.5 Å². The Morgan fingerprint density at radius 1 is 1.07 bits per heavy atom. The Bertz CT molecular complexity index is 1150. The zero-order chi connectivity index (χ0) is 19.8. The Morgan fingerprint density at radius 2 is 1.82 bits per heavy atom. The first-order valence-electron chi connectivity index (χ1n) is 8.22. The summed E-state index contributed by atoms with van der Waals surface area (Å²) in [5.74, 6) is -0.480. The molecule has 5 nitrogen and oxygen atoms in total. The van der Waals surface area contributed by atoms with Crippen LogP contribution < -0.4 is 0 Å². The van der Waals surface area contributed by atoms with Gasteiger partial charge in [-0.25, -0.2) is 14.5 Å². The molecule has 3 aromatic rings. The number of benzene rings is 2. The van der Waals surface area contributed by atoms with Crippen LogP contribution in [0.3, 0.4) is 0 Å². The van der Waals surface area contributed by atoms with Crippen LogP contribution in [0, 0.1) is 6.92 Å². The number of hydrogen-bond donors (Lipinski definition) is 0. The number of esters is 1. The van der Waals surface area contributed by atoms with Crippen LogP contribution in [0.1, 0.15) is 16.8 Å². The first-order chi connectivity index (χ1) is 13.4. The number of aromatic nitrogens is 2. The van der Waals surface area contributed by atoms with Crippen molar-refractivity contribution >= 4 is 52.7 Å². The Morgan fingerprint density at radius 3 is 2.54 bits per heavy atom. The van der Waals surface area contributed by atoms with Crippen LogP contribution in [0.2, 0.25) is 15.2 Å². The number of aliphatic imine (C=N–C) groups is 1. The Labute approximate surface area is 175 Å². The van der Waals surface area contributed by atoms with Crippen LogP contribution in [0.25, 0.3) is 11.8 Å². The summed E-state index contributed by atoms with van der Waals surface area (Å²) < 4.78 is 6.87. The van der Waals surface area contributed by atoms with Crippen molar-refractivity contribution in [3.8, 4) is 5.69 Å². The molecule has 0 saturated heterocycles. The number of aryl methyl sites for hydroxylation is 1. The van der Waals surface area contributed by atoms with Crippen LogP contribution in [0.15, 0.2) is 59.2 Å². The van der Waals surface area contributed by atoms with Crippen molar-refractivity contribution < 1.29 is 9.53 Å². The lowest BCUT2D eigenvalue weighted by molar-refractivity contribution is -0.129. The molecule has 0 unspecified atom stereocenters. The number of carbonyl (C=O) groups is 1. The van der Waals surface area contributed by atoms with Gasteiger partial charge in [-0.2, -0.15) is 5.10 Å². The third kappa shape index (κ3) is 3.44. The van der Waals surface area contributed by atoms with Crippen LogP contribution in [0.5, 0.6) is 0 Å². The number of nitrogens with zero attached hydrogens (tertiary/aromatic N) is 3. The van der Waals surface area contributed by atoms with E-state index in [2.05, 4.69) is 10.1 Å². The van der Waals surface area contributed by atoms with E-state index in [-0.39, 0.29) is 11.6 Å². The monoisotopic (exact) mass is 431 g/mol. The second kappa shape index (κ2) is 7.43. The first-order valence-corrected chi connectivity index (χ1v) is 9.36. The van der Waals surface area contributed by atoms with Gasteiger partial charge in [0.1, 0.15) is 5.15 Å². The van der Waals surface area contributed by atoms with Crippen molar-refractivity contribution in [1.82, 2.24) is 9.78 Å². The standard InChI is InChI=1S/C20H12Cl3N3O2/c1-11-15(18(23)26(25-11)13-5-3-2-4-6-13)10-17-20(27)28-19(24-17)14-8-7-12(21)9-16(14)22/h2-10H,1H3/b17-10-. The quantitative estimate of drug-likeness (QED) is 0.406. The summed E-state index contributed by atoms with van der Waals surface area (Å²) in [4.78, 5) is 16.6. The second-order valence-electron chi connectivity index (χ2n) is 6.00. The summed E-state index contributed by atoms with van der Waals surface area (Å²) in [7, 11) is 0. The third-order valence-corrected chi connectivity index (χ3v) is 5.02. The van der Waals surface area contributed by atoms with Crippen LogP contribution in [0.4, 0.5) is 0 Å². The molecule has 0 spiro atoms. The number of carbonyl (C=O) groups excluding carboxylic acids is 1. The number of ether oxygens (including phenoxy) is 1. The maximum Gasteiger partial charge on any atom is 0.363 e.